The Hall–Kier alpha value is -2.58. The summed E-state index contributed by atoms with van der Waals surface area (Å²) in [6.45, 7) is 2.01. The fourth-order valence-corrected chi connectivity index (χ4v) is 2.37. The molecule has 0 aliphatic carbocycles. The first-order valence-corrected chi connectivity index (χ1v) is 7.33. The van der Waals surface area contributed by atoms with E-state index in [9.17, 15) is 4.79 Å². The summed E-state index contributed by atoms with van der Waals surface area (Å²) in [5.41, 5.74) is 4.12. The average molecular weight is 315 g/mol. The lowest BCUT2D eigenvalue weighted by Gasteiger charge is -2.15. The molecular weight excluding hydrogens is 298 g/mol. The monoisotopic (exact) mass is 315 g/mol. The molecule has 2 aromatic heterocycles. The maximum atomic E-state index is 12.5. The first-order valence-electron chi connectivity index (χ1n) is 7.33. The molecule has 120 valence electrons. The Bertz CT molecular complexity index is 832. The summed E-state index contributed by atoms with van der Waals surface area (Å²) in [6.07, 6.45) is 1.09. The van der Waals surface area contributed by atoms with Crippen LogP contribution in [-0.4, -0.2) is 39.3 Å². The van der Waals surface area contributed by atoms with Crippen LogP contribution in [0.4, 0.5) is 0 Å². The summed E-state index contributed by atoms with van der Waals surface area (Å²) in [7, 11) is 1.54. The quantitative estimate of drug-likeness (QED) is 0.550. The lowest BCUT2D eigenvalue weighted by molar-refractivity contribution is -0.157. The molecule has 2 heterocycles. The van der Waals surface area contributed by atoms with E-state index >= 15 is 0 Å². The number of hydrogen-bond donors (Lipinski definition) is 1. The van der Waals surface area contributed by atoms with Crippen LogP contribution in [0.1, 0.15) is 30.1 Å². The van der Waals surface area contributed by atoms with Crippen molar-refractivity contribution in [1.82, 2.24) is 25.5 Å². The molecule has 1 atom stereocenters. The van der Waals surface area contributed by atoms with Crippen LogP contribution in [0.3, 0.4) is 0 Å². The maximum Gasteiger partial charge on any atom is 0.275 e. The number of para-hydroxylation sites is 1. The van der Waals surface area contributed by atoms with E-state index in [4.69, 9.17) is 9.57 Å². The summed E-state index contributed by atoms with van der Waals surface area (Å²) in [5, 5.41) is 12.2. The number of nitrogens with one attached hydrogen (secondary N) is 1. The molecule has 8 heteroatoms. The molecule has 0 radical (unpaired) electrons. The van der Waals surface area contributed by atoms with Crippen molar-refractivity contribution in [3.05, 3.63) is 35.9 Å². The molecule has 0 fully saturated rings. The number of methoxy groups -OCH3 is 1. The van der Waals surface area contributed by atoms with Gasteiger partial charge in [-0.25, -0.2) is 10.3 Å². The van der Waals surface area contributed by atoms with Crippen molar-refractivity contribution in [2.75, 3.05) is 7.11 Å². The highest BCUT2D eigenvalue weighted by molar-refractivity contribution is 6.06. The SMILES string of the molecule is CCCC(OC)ONC(=O)c1cc2nnnn2c2ccccc12. The number of amides is 1. The van der Waals surface area contributed by atoms with E-state index in [0.29, 0.717) is 17.6 Å². The molecule has 1 unspecified atom stereocenters. The molecule has 0 aliphatic heterocycles. The predicted octanol–water partition coefficient (Wildman–Crippen LogP) is 1.71. The Labute approximate surface area is 132 Å². The van der Waals surface area contributed by atoms with Gasteiger partial charge in [-0.15, -0.1) is 5.10 Å². The fraction of sp³-hybridized carbons (Fsp3) is 0.333. The summed E-state index contributed by atoms with van der Waals surface area (Å²) >= 11 is 0. The highest BCUT2D eigenvalue weighted by Crippen LogP contribution is 2.20. The Balaban J connectivity index is 1.93. The molecule has 3 rings (SSSR count). The van der Waals surface area contributed by atoms with Crippen LogP contribution in [0.2, 0.25) is 0 Å². The third kappa shape index (κ3) is 2.99. The number of hydroxylamine groups is 1. The largest absolute Gasteiger partial charge is 0.354 e. The first kappa shape index (κ1) is 15.3. The van der Waals surface area contributed by atoms with Gasteiger partial charge in [-0.3, -0.25) is 4.79 Å². The lowest BCUT2D eigenvalue weighted by atomic mass is 10.1. The van der Waals surface area contributed by atoms with Crippen molar-refractivity contribution < 1.29 is 14.4 Å². The summed E-state index contributed by atoms with van der Waals surface area (Å²) in [5.74, 6) is -0.371. The van der Waals surface area contributed by atoms with E-state index in [1.165, 1.54) is 7.11 Å². The fourth-order valence-electron chi connectivity index (χ4n) is 2.37. The van der Waals surface area contributed by atoms with Crippen molar-refractivity contribution in [1.29, 1.82) is 0 Å². The third-order valence-electron chi connectivity index (χ3n) is 3.50. The number of hydrogen-bond acceptors (Lipinski definition) is 6. The van der Waals surface area contributed by atoms with Gasteiger partial charge in [-0.1, -0.05) is 31.5 Å². The topological polar surface area (TPSA) is 90.6 Å². The van der Waals surface area contributed by atoms with Crippen LogP contribution in [0, 0.1) is 0 Å². The van der Waals surface area contributed by atoms with Gasteiger partial charge in [0, 0.05) is 18.9 Å². The van der Waals surface area contributed by atoms with E-state index in [2.05, 4.69) is 21.0 Å². The maximum absolute atomic E-state index is 12.5. The number of nitrogens with zero attached hydrogens (tertiary/aromatic N) is 4. The first-order chi connectivity index (χ1) is 11.2. The number of fused-ring (bicyclic) bond motifs is 3. The molecule has 0 spiro atoms. The highest BCUT2D eigenvalue weighted by atomic mass is 16.8. The molecular formula is C15H17N5O3. The number of carbonyl (C=O) groups excluding carboxylic acids is 1. The Morgan fingerprint density at radius 1 is 1.39 bits per heavy atom. The molecule has 23 heavy (non-hydrogen) atoms. The minimum atomic E-state index is -0.478. The number of rotatable bonds is 6. The van der Waals surface area contributed by atoms with Gasteiger partial charge in [0.2, 0.25) is 0 Å². The Morgan fingerprint density at radius 2 is 2.22 bits per heavy atom. The van der Waals surface area contributed by atoms with Gasteiger partial charge in [-0.05, 0) is 22.6 Å². The van der Waals surface area contributed by atoms with E-state index < -0.39 is 6.29 Å². The molecule has 1 aromatic carbocycles. The van der Waals surface area contributed by atoms with Crippen LogP contribution in [-0.2, 0) is 9.57 Å². The molecule has 0 saturated carbocycles. The van der Waals surface area contributed by atoms with Gasteiger partial charge < -0.3 is 4.74 Å². The van der Waals surface area contributed by atoms with E-state index in [-0.39, 0.29) is 5.91 Å². The van der Waals surface area contributed by atoms with Gasteiger partial charge in [0.25, 0.3) is 5.91 Å². The molecule has 0 aliphatic rings. The van der Waals surface area contributed by atoms with Gasteiger partial charge in [0.15, 0.2) is 11.9 Å². The van der Waals surface area contributed by atoms with Crippen molar-refractivity contribution in [2.24, 2.45) is 0 Å². The van der Waals surface area contributed by atoms with E-state index in [0.717, 1.165) is 17.3 Å². The summed E-state index contributed by atoms with van der Waals surface area (Å²) < 4.78 is 6.73. The number of benzene rings is 1. The van der Waals surface area contributed by atoms with Crippen LogP contribution >= 0.6 is 0 Å². The van der Waals surface area contributed by atoms with Gasteiger partial charge >= 0.3 is 0 Å². The number of tetrazole rings is 1. The zero-order valence-corrected chi connectivity index (χ0v) is 12.9. The van der Waals surface area contributed by atoms with Gasteiger partial charge in [0.05, 0.1) is 11.1 Å². The second-order valence-corrected chi connectivity index (χ2v) is 5.03. The minimum absolute atomic E-state index is 0.371. The Kier molecular flexibility index (Phi) is 4.45. The van der Waals surface area contributed by atoms with E-state index in [1.807, 2.05) is 31.2 Å². The van der Waals surface area contributed by atoms with Crippen molar-refractivity contribution in [3.8, 4) is 0 Å². The molecule has 3 aromatic rings. The Morgan fingerprint density at radius 3 is 3.00 bits per heavy atom. The molecule has 0 saturated heterocycles. The lowest BCUT2D eigenvalue weighted by Crippen LogP contribution is -2.30. The number of aromatic nitrogens is 4. The zero-order chi connectivity index (χ0) is 16.2. The minimum Gasteiger partial charge on any atom is -0.354 e. The van der Waals surface area contributed by atoms with Crippen LogP contribution < -0.4 is 5.48 Å². The van der Waals surface area contributed by atoms with Crippen molar-refractivity contribution in [3.63, 3.8) is 0 Å². The predicted molar refractivity (Wildman–Crippen MR) is 82.5 cm³/mol. The number of ether oxygens (including phenoxy) is 1. The second kappa shape index (κ2) is 6.67. The normalized spacial score (nSPS) is 12.6. The van der Waals surface area contributed by atoms with Crippen molar-refractivity contribution >= 4 is 22.5 Å². The molecule has 8 nitrogen and oxygen atoms in total. The van der Waals surface area contributed by atoms with E-state index in [1.54, 1.807) is 10.6 Å². The average Bonchev–Trinajstić information content (AvgIpc) is 3.06. The molecule has 1 N–H and O–H groups in total. The molecule has 1 amide bonds. The van der Waals surface area contributed by atoms with Gasteiger partial charge in [0.1, 0.15) is 0 Å². The van der Waals surface area contributed by atoms with Gasteiger partial charge in [-0.2, -0.15) is 4.52 Å². The standard InChI is InChI=1S/C15H17N5O3/c1-3-6-14(22-2)23-17-15(21)11-9-13-16-18-19-20(13)12-8-5-4-7-10(11)12/h4-5,7-9,14H,3,6H2,1-2H3,(H,17,21). The highest BCUT2D eigenvalue weighted by Gasteiger charge is 2.16. The molecule has 0 bridgehead atoms. The van der Waals surface area contributed by atoms with Crippen LogP contribution in [0.5, 0.6) is 0 Å². The zero-order valence-electron chi connectivity index (χ0n) is 12.9. The van der Waals surface area contributed by atoms with Crippen LogP contribution in [0.15, 0.2) is 30.3 Å². The summed E-state index contributed by atoms with van der Waals surface area (Å²) in [4.78, 5) is 17.8. The van der Waals surface area contributed by atoms with Crippen LogP contribution in [0.25, 0.3) is 16.6 Å². The summed E-state index contributed by atoms with van der Waals surface area (Å²) in [6, 6.07) is 9.04. The second-order valence-electron chi connectivity index (χ2n) is 5.03. The number of carbonyl (C=O) groups is 1. The van der Waals surface area contributed by atoms with Crippen molar-refractivity contribution in [2.45, 2.75) is 26.1 Å². The third-order valence-corrected chi connectivity index (χ3v) is 3.50. The smallest absolute Gasteiger partial charge is 0.275 e. The number of pyridine rings is 1.